The maximum absolute atomic E-state index is 12.8. The minimum absolute atomic E-state index is 0.0592. The Morgan fingerprint density at radius 3 is 2.79 bits per heavy atom. The van der Waals surface area contributed by atoms with Crippen LogP contribution in [0, 0.1) is 0 Å². The maximum atomic E-state index is 12.8. The molecule has 150 valence electrons. The standard InChI is InChI=1S/C22H25N5O2/c1-3-21(28)24-16-5-6-17(13-16)27(2)22(29)20-9-8-19(25-26-20)14-4-7-18-15(12-14)10-11-23-18/h4,7-12,16-17,23H,3,5-6,13H2,1-2H3,(H,24,28)/t16-,17+/m0/s1. The lowest BCUT2D eigenvalue weighted by molar-refractivity contribution is -0.121. The largest absolute Gasteiger partial charge is 0.361 e. The van der Waals surface area contributed by atoms with Crippen molar-refractivity contribution in [2.24, 2.45) is 0 Å². The van der Waals surface area contributed by atoms with E-state index >= 15 is 0 Å². The summed E-state index contributed by atoms with van der Waals surface area (Å²) in [5.74, 6) is -0.0819. The number of aromatic amines is 1. The Hall–Kier alpha value is -3.22. The van der Waals surface area contributed by atoms with Crippen LogP contribution in [0.15, 0.2) is 42.6 Å². The van der Waals surface area contributed by atoms with Gasteiger partial charge in [0.05, 0.1) is 5.69 Å². The molecule has 3 aromatic rings. The predicted molar refractivity (Wildman–Crippen MR) is 111 cm³/mol. The van der Waals surface area contributed by atoms with Gasteiger partial charge in [0.15, 0.2) is 5.69 Å². The second-order valence-corrected chi connectivity index (χ2v) is 7.58. The van der Waals surface area contributed by atoms with E-state index in [1.54, 1.807) is 18.0 Å². The molecule has 0 aliphatic heterocycles. The monoisotopic (exact) mass is 391 g/mol. The Bertz CT molecular complexity index is 1030. The molecule has 1 aliphatic carbocycles. The fourth-order valence-electron chi connectivity index (χ4n) is 3.93. The van der Waals surface area contributed by atoms with Gasteiger partial charge in [0.25, 0.3) is 5.91 Å². The van der Waals surface area contributed by atoms with Crippen LogP contribution in [0.1, 0.15) is 43.1 Å². The van der Waals surface area contributed by atoms with E-state index in [2.05, 4.69) is 20.5 Å². The molecule has 0 spiro atoms. The zero-order valence-electron chi connectivity index (χ0n) is 16.7. The molecule has 0 bridgehead atoms. The van der Waals surface area contributed by atoms with Gasteiger partial charge in [0.2, 0.25) is 5.91 Å². The zero-order valence-corrected chi connectivity index (χ0v) is 16.7. The average Bonchev–Trinajstić information content (AvgIpc) is 3.41. The number of fused-ring (bicyclic) bond motifs is 1. The van der Waals surface area contributed by atoms with E-state index in [1.807, 2.05) is 43.5 Å². The third kappa shape index (κ3) is 3.99. The van der Waals surface area contributed by atoms with Crippen LogP contribution in [-0.2, 0) is 4.79 Å². The molecule has 7 nitrogen and oxygen atoms in total. The van der Waals surface area contributed by atoms with Gasteiger partial charge in [0.1, 0.15) is 0 Å². The molecule has 4 rings (SSSR count). The molecule has 2 N–H and O–H groups in total. The Kier molecular flexibility index (Phi) is 5.29. The third-order valence-electron chi connectivity index (χ3n) is 5.69. The molecule has 1 saturated carbocycles. The minimum atomic E-state index is -0.141. The number of nitrogens with zero attached hydrogens (tertiary/aromatic N) is 3. The Morgan fingerprint density at radius 2 is 2.03 bits per heavy atom. The van der Waals surface area contributed by atoms with Crippen LogP contribution in [-0.4, -0.2) is 51.0 Å². The highest BCUT2D eigenvalue weighted by Gasteiger charge is 2.31. The summed E-state index contributed by atoms with van der Waals surface area (Å²) in [6, 6.07) is 11.9. The first kappa shape index (κ1) is 19.1. The van der Waals surface area contributed by atoms with Gasteiger partial charge in [-0.25, -0.2) is 0 Å². The van der Waals surface area contributed by atoms with Crippen LogP contribution in [0.3, 0.4) is 0 Å². The van der Waals surface area contributed by atoms with Crippen molar-refractivity contribution in [3.63, 3.8) is 0 Å². The molecular formula is C22H25N5O2. The maximum Gasteiger partial charge on any atom is 0.274 e. The van der Waals surface area contributed by atoms with Crippen LogP contribution >= 0.6 is 0 Å². The van der Waals surface area contributed by atoms with E-state index < -0.39 is 0 Å². The first-order valence-corrected chi connectivity index (χ1v) is 10.0. The number of aromatic nitrogens is 3. The van der Waals surface area contributed by atoms with Crippen LogP contribution < -0.4 is 5.32 Å². The molecule has 29 heavy (non-hydrogen) atoms. The van der Waals surface area contributed by atoms with Gasteiger partial charge in [-0.05, 0) is 49.6 Å². The molecule has 1 aromatic carbocycles. The summed E-state index contributed by atoms with van der Waals surface area (Å²) >= 11 is 0. The molecule has 1 aliphatic rings. The van der Waals surface area contributed by atoms with E-state index in [4.69, 9.17) is 0 Å². The van der Waals surface area contributed by atoms with Gasteiger partial charge in [0, 0.05) is 48.2 Å². The first-order valence-electron chi connectivity index (χ1n) is 10.0. The van der Waals surface area contributed by atoms with E-state index in [1.165, 1.54) is 0 Å². The number of carbonyl (C=O) groups excluding carboxylic acids is 2. The number of rotatable bonds is 5. The molecular weight excluding hydrogens is 366 g/mol. The van der Waals surface area contributed by atoms with Crippen molar-refractivity contribution in [3.8, 4) is 11.3 Å². The predicted octanol–water partition coefficient (Wildman–Crippen LogP) is 3.14. The highest BCUT2D eigenvalue weighted by Crippen LogP contribution is 2.25. The van der Waals surface area contributed by atoms with Crippen LogP contribution in [0.5, 0.6) is 0 Å². The van der Waals surface area contributed by atoms with Gasteiger partial charge in [-0.3, -0.25) is 9.59 Å². The lowest BCUT2D eigenvalue weighted by Crippen LogP contribution is -2.38. The summed E-state index contributed by atoms with van der Waals surface area (Å²) < 4.78 is 0. The van der Waals surface area contributed by atoms with Crippen molar-refractivity contribution in [2.45, 2.75) is 44.7 Å². The van der Waals surface area contributed by atoms with Gasteiger partial charge in [-0.2, -0.15) is 0 Å². The molecule has 2 amide bonds. The smallest absolute Gasteiger partial charge is 0.274 e. The fourth-order valence-corrected chi connectivity index (χ4v) is 3.93. The number of H-pyrrole nitrogens is 1. The number of benzene rings is 1. The van der Waals surface area contributed by atoms with Crippen LogP contribution in [0.25, 0.3) is 22.2 Å². The van der Waals surface area contributed by atoms with Crippen LogP contribution in [0.2, 0.25) is 0 Å². The van der Waals surface area contributed by atoms with E-state index in [0.717, 1.165) is 41.4 Å². The van der Waals surface area contributed by atoms with E-state index in [-0.39, 0.29) is 23.9 Å². The lowest BCUT2D eigenvalue weighted by atomic mass is 10.1. The van der Waals surface area contributed by atoms with Crippen molar-refractivity contribution in [1.29, 1.82) is 0 Å². The van der Waals surface area contributed by atoms with E-state index in [0.29, 0.717) is 12.1 Å². The Labute approximate surface area is 169 Å². The zero-order chi connectivity index (χ0) is 20.4. The van der Waals surface area contributed by atoms with Gasteiger partial charge in [-0.15, -0.1) is 10.2 Å². The summed E-state index contributed by atoms with van der Waals surface area (Å²) in [6.07, 6.45) is 4.92. The molecule has 2 heterocycles. The van der Waals surface area contributed by atoms with Crippen LogP contribution in [0.4, 0.5) is 0 Å². The first-order chi connectivity index (χ1) is 14.0. The second-order valence-electron chi connectivity index (χ2n) is 7.58. The summed E-state index contributed by atoms with van der Waals surface area (Å²) in [4.78, 5) is 29.3. The summed E-state index contributed by atoms with van der Waals surface area (Å²) in [5, 5.41) is 12.6. The van der Waals surface area contributed by atoms with Crippen molar-refractivity contribution in [2.75, 3.05) is 7.05 Å². The minimum Gasteiger partial charge on any atom is -0.361 e. The van der Waals surface area contributed by atoms with Crippen molar-refractivity contribution < 1.29 is 9.59 Å². The molecule has 2 atom stereocenters. The lowest BCUT2D eigenvalue weighted by Gasteiger charge is -2.24. The van der Waals surface area contributed by atoms with Crippen molar-refractivity contribution >= 4 is 22.7 Å². The normalized spacial score (nSPS) is 18.7. The van der Waals surface area contributed by atoms with Crippen molar-refractivity contribution in [1.82, 2.24) is 25.4 Å². The molecule has 0 unspecified atom stereocenters. The Balaban J connectivity index is 1.43. The number of amides is 2. The van der Waals surface area contributed by atoms with Crippen molar-refractivity contribution in [3.05, 3.63) is 48.3 Å². The number of hydrogen-bond donors (Lipinski definition) is 2. The van der Waals surface area contributed by atoms with Gasteiger partial charge in [-0.1, -0.05) is 13.0 Å². The number of nitrogens with one attached hydrogen (secondary N) is 2. The second kappa shape index (κ2) is 8.03. The highest BCUT2D eigenvalue weighted by atomic mass is 16.2. The number of carbonyl (C=O) groups is 2. The topological polar surface area (TPSA) is 91.0 Å². The SMILES string of the molecule is CCC(=O)N[C@H]1CC[C@@H](N(C)C(=O)c2ccc(-c3ccc4[nH]ccc4c3)nn2)C1. The summed E-state index contributed by atoms with van der Waals surface area (Å²) in [5.41, 5.74) is 3.10. The van der Waals surface area contributed by atoms with Gasteiger partial charge >= 0.3 is 0 Å². The molecule has 7 heteroatoms. The summed E-state index contributed by atoms with van der Waals surface area (Å²) in [6.45, 7) is 1.84. The van der Waals surface area contributed by atoms with Gasteiger partial charge < -0.3 is 15.2 Å². The quantitative estimate of drug-likeness (QED) is 0.699. The third-order valence-corrected chi connectivity index (χ3v) is 5.69. The Morgan fingerprint density at radius 1 is 1.17 bits per heavy atom. The highest BCUT2D eigenvalue weighted by molar-refractivity contribution is 5.92. The molecule has 1 fully saturated rings. The van der Waals surface area contributed by atoms with E-state index in [9.17, 15) is 9.59 Å². The summed E-state index contributed by atoms with van der Waals surface area (Å²) in [7, 11) is 1.80. The molecule has 2 aromatic heterocycles. The molecule has 0 saturated heterocycles. The average molecular weight is 391 g/mol. The number of hydrogen-bond acceptors (Lipinski definition) is 4. The fraction of sp³-hybridized carbons (Fsp3) is 0.364. The molecule has 0 radical (unpaired) electrons.